The summed E-state index contributed by atoms with van der Waals surface area (Å²) in [7, 11) is 0. The van der Waals surface area contributed by atoms with Gasteiger partial charge < -0.3 is 9.80 Å². The SMILES string of the molecule is CC(C)(C)c1ccc2sc3c(c2c1)N(c1ccc2c(c1)C(C)(C)CC2(C)C)c1cccc2c1B3c1cc3sc4ccccc4c3cc1N2c1ccc2sc3ccccc3c2c1. The van der Waals surface area contributed by atoms with E-state index in [2.05, 4.69) is 192 Å². The Morgan fingerprint density at radius 1 is 0.492 bits per heavy atom. The smallest absolute Gasteiger partial charge is 0.264 e. The van der Waals surface area contributed by atoms with Crippen molar-refractivity contribution in [3.63, 3.8) is 0 Å². The quantitative estimate of drug-likeness (QED) is 0.160. The third kappa shape index (κ3) is 5.01. The first-order chi connectivity index (χ1) is 29.3. The molecule has 0 unspecified atom stereocenters. The number of fused-ring (bicyclic) bond motifs is 13. The molecule has 0 bridgehead atoms. The number of rotatable bonds is 2. The molecule has 1 aliphatic carbocycles. The molecule has 6 heteroatoms. The van der Waals surface area contributed by atoms with Gasteiger partial charge in [-0.25, -0.2) is 0 Å². The molecule has 0 saturated heterocycles. The van der Waals surface area contributed by atoms with Crippen molar-refractivity contribution in [2.75, 3.05) is 9.80 Å². The number of hydrogen-bond donors (Lipinski definition) is 0. The van der Waals surface area contributed by atoms with Gasteiger partial charge in [0.25, 0.3) is 6.71 Å². The highest BCUT2D eigenvalue weighted by molar-refractivity contribution is 7.34. The van der Waals surface area contributed by atoms with Gasteiger partial charge in [-0.05, 0) is 129 Å². The summed E-state index contributed by atoms with van der Waals surface area (Å²) < 4.78 is 8.13. The zero-order valence-corrected chi connectivity index (χ0v) is 38.1. The number of benzene rings is 7. The molecule has 13 rings (SSSR count). The molecule has 10 aromatic rings. The minimum atomic E-state index is 0.0242. The lowest BCUT2D eigenvalue weighted by Crippen LogP contribution is -2.60. The third-order valence-corrected chi connectivity index (χ3v) is 17.7. The van der Waals surface area contributed by atoms with Gasteiger partial charge in [0.2, 0.25) is 0 Å². The molecule has 3 aromatic heterocycles. The predicted molar refractivity (Wildman–Crippen MR) is 271 cm³/mol. The predicted octanol–water partition coefficient (Wildman–Crippen LogP) is 15.0. The summed E-state index contributed by atoms with van der Waals surface area (Å²) in [6.07, 6.45) is 1.14. The van der Waals surface area contributed by atoms with Crippen LogP contribution in [-0.2, 0) is 16.2 Å². The van der Waals surface area contributed by atoms with Gasteiger partial charge in [0.05, 0.1) is 5.69 Å². The fraction of sp³-hybridized carbons (Fsp3) is 0.200. The van der Waals surface area contributed by atoms with E-state index in [1.165, 1.54) is 117 Å². The van der Waals surface area contributed by atoms with Crippen LogP contribution >= 0.6 is 34.0 Å². The highest BCUT2D eigenvalue weighted by Crippen LogP contribution is 2.54. The lowest BCUT2D eigenvalue weighted by molar-refractivity contribution is 0.403. The monoisotopic (exact) mass is 840 g/mol. The normalized spacial score (nSPS) is 16.2. The average Bonchev–Trinajstić information content (AvgIpc) is 3.96. The van der Waals surface area contributed by atoms with Gasteiger partial charge in [-0.15, -0.1) is 34.0 Å². The summed E-state index contributed by atoms with van der Waals surface area (Å²) in [4.78, 5) is 5.26. The van der Waals surface area contributed by atoms with Crippen molar-refractivity contribution >= 4 is 141 Å². The molecule has 2 nitrogen and oxygen atoms in total. The lowest BCUT2D eigenvalue weighted by atomic mass is 9.36. The Morgan fingerprint density at radius 3 is 1.85 bits per heavy atom. The van der Waals surface area contributed by atoms with E-state index in [9.17, 15) is 0 Å². The molecule has 5 heterocycles. The Morgan fingerprint density at radius 2 is 1.10 bits per heavy atom. The Balaban J connectivity index is 1.14. The fourth-order valence-electron chi connectivity index (χ4n) is 11.6. The molecule has 0 N–H and O–H groups in total. The first kappa shape index (κ1) is 36.3. The van der Waals surface area contributed by atoms with Gasteiger partial charge in [-0.3, -0.25) is 0 Å². The van der Waals surface area contributed by atoms with E-state index < -0.39 is 0 Å². The van der Waals surface area contributed by atoms with Gasteiger partial charge in [0, 0.05) is 83.6 Å². The van der Waals surface area contributed by atoms with E-state index in [-0.39, 0.29) is 23.0 Å². The van der Waals surface area contributed by atoms with Crippen molar-refractivity contribution in [3.8, 4) is 0 Å². The van der Waals surface area contributed by atoms with E-state index >= 15 is 0 Å². The number of thiophene rings is 3. The number of anilines is 6. The molecular weight excluding hydrogens is 796 g/mol. The van der Waals surface area contributed by atoms with Crippen LogP contribution < -0.4 is 25.5 Å². The summed E-state index contributed by atoms with van der Waals surface area (Å²) in [5.74, 6) is 0. The third-order valence-electron chi connectivity index (χ3n) is 14.2. The molecule has 61 heavy (non-hydrogen) atoms. The standard InChI is InChI=1S/C55H45BN2S3/c1-53(2,3)31-19-23-48-38(25-31)51-52(61-48)56-41-29-49-37(35-14-9-11-18-46(35)60-49)28-44(41)57(32-21-24-47-36(26-32)34-13-8-10-17-45(34)59-47)42-15-12-16-43(50(42)56)58(51)33-20-22-39-40(27-33)55(6,7)30-54(39,4)5/h8-29H,30H2,1-7H3. The van der Waals surface area contributed by atoms with Crippen molar-refractivity contribution in [1.29, 1.82) is 0 Å². The second-order valence-corrected chi connectivity index (χ2v) is 23.3. The molecule has 0 amide bonds. The summed E-state index contributed by atoms with van der Waals surface area (Å²) >= 11 is 5.82. The molecule has 0 spiro atoms. The zero-order valence-electron chi connectivity index (χ0n) is 35.6. The Hall–Kier alpha value is -5.40. The minimum Gasteiger partial charge on any atom is -0.311 e. The van der Waals surface area contributed by atoms with Crippen LogP contribution in [0.1, 0.15) is 71.6 Å². The van der Waals surface area contributed by atoms with Crippen molar-refractivity contribution in [1.82, 2.24) is 0 Å². The maximum Gasteiger partial charge on any atom is 0.264 e. The molecule has 7 aromatic carbocycles. The molecule has 0 radical (unpaired) electrons. The van der Waals surface area contributed by atoms with Crippen LogP contribution in [0.5, 0.6) is 0 Å². The summed E-state index contributed by atoms with van der Waals surface area (Å²) in [5, 5.41) is 6.66. The van der Waals surface area contributed by atoms with E-state index in [4.69, 9.17) is 0 Å². The van der Waals surface area contributed by atoms with E-state index in [0.29, 0.717) is 0 Å². The second kappa shape index (κ2) is 12.2. The van der Waals surface area contributed by atoms with Crippen molar-refractivity contribution < 1.29 is 0 Å². The van der Waals surface area contributed by atoms with E-state index in [1.54, 1.807) is 0 Å². The van der Waals surface area contributed by atoms with E-state index in [0.717, 1.165) is 6.42 Å². The molecule has 296 valence electrons. The first-order valence-electron chi connectivity index (χ1n) is 21.7. The van der Waals surface area contributed by atoms with Gasteiger partial charge in [-0.2, -0.15) is 0 Å². The molecule has 0 saturated carbocycles. The summed E-state index contributed by atoms with van der Waals surface area (Å²) in [6, 6.07) is 51.9. The molecular formula is C55H45BN2S3. The van der Waals surface area contributed by atoms with Gasteiger partial charge in [0.1, 0.15) is 0 Å². The van der Waals surface area contributed by atoms with Crippen molar-refractivity contribution in [2.24, 2.45) is 0 Å². The minimum absolute atomic E-state index is 0.0242. The summed E-state index contributed by atoms with van der Waals surface area (Å²) in [6.45, 7) is 16.8. The topological polar surface area (TPSA) is 6.48 Å². The second-order valence-electron chi connectivity index (χ2n) is 20.0. The molecule has 2 aliphatic heterocycles. The maximum absolute atomic E-state index is 2.66. The van der Waals surface area contributed by atoms with Crippen molar-refractivity contribution in [3.05, 3.63) is 150 Å². The molecule has 0 fully saturated rings. The Labute approximate surface area is 369 Å². The van der Waals surface area contributed by atoms with Crippen LogP contribution in [0.3, 0.4) is 0 Å². The highest BCUT2D eigenvalue weighted by Gasteiger charge is 2.47. The van der Waals surface area contributed by atoms with E-state index in [1.807, 2.05) is 34.0 Å². The fourth-order valence-corrected chi connectivity index (χ4v) is 15.1. The van der Waals surface area contributed by atoms with Gasteiger partial charge >= 0.3 is 0 Å². The van der Waals surface area contributed by atoms with Crippen LogP contribution in [0.2, 0.25) is 0 Å². The zero-order chi connectivity index (χ0) is 41.3. The molecule has 3 aliphatic rings. The maximum atomic E-state index is 2.66. The number of hydrogen-bond acceptors (Lipinski definition) is 5. The first-order valence-corrected chi connectivity index (χ1v) is 24.1. The average molecular weight is 841 g/mol. The highest BCUT2D eigenvalue weighted by atomic mass is 32.1. The van der Waals surface area contributed by atoms with Crippen LogP contribution in [0.15, 0.2) is 133 Å². The van der Waals surface area contributed by atoms with Crippen LogP contribution in [0.4, 0.5) is 34.1 Å². The Kier molecular flexibility index (Phi) is 7.23. The Bertz CT molecular complexity index is 3540. The van der Waals surface area contributed by atoms with Crippen LogP contribution in [0.25, 0.3) is 50.4 Å². The lowest BCUT2D eigenvalue weighted by Gasteiger charge is -2.43. The van der Waals surface area contributed by atoms with Crippen LogP contribution in [-0.4, -0.2) is 6.71 Å². The number of nitrogens with zero attached hydrogens (tertiary/aromatic N) is 2. The van der Waals surface area contributed by atoms with Crippen molar-refractivity contribution in [2.45, 2.75) is 71.1 Å². The largest absolute Gasteiger partial charge is 0.311 e. The van der Waals surface area contributed by atoms with Gasteiger partial charge in [-0.1, -0.05) is 103 Å². The molecule has 0 atom stereocenters. The summed E-state index contributed by atoms with van der Waals surface area (Å²) in [5.41, 5.74) is 15.0. The van der Waals surface area contributed by atoms with Crippen LogP contribution in [0, 0.1) is 0 Å². The van der Waals surface area contributed by atoms with Gasteiger partial charge in [0.15, 0.2) is 0 Å².